The van der Waals surface area contributed by atoms with Crippen molar-refractivity contribution in [2.75, 3.05) is 19.6 Å². The lowest BCUT2D eigenvalue weighted by Crippen LogP contribution is -2.49. The molecule has 1 atom stereocenters. The van der Waals surface area contributed by atoms with Crippen LogP contribution in [0.5, 0.6) is 0 Å². The number of thiophene rings is 1. The van der Waals surface area contributed by atoms with Crippen LogP contribution in [0.2, 0.25) is 0 Å². The largest absolute Gasteiger partial charge is 0.314 e. The molecule has 1 saturated heterocycles. The van der Waals surface area contributed by atoms with Gasteiger partial charge in [-0.2, -0.15) is 0 Å². The summed E-state index contributed by atoms with van der Waals surface area (Å²) in [6, 6.07) is 0.469. The van der Waals surface area contributed by atoms with Crippen molar-refractivity contribution in [3.8, 4) is 0 Å². The second-order valence-electron chi connectivity index (χ2n) is 5.50. The second-order valence-corrected chi connectivity index (χ2v) is 6.70. The van der Waals surface area contributed by atoms with Crippen molar-refractivity contribution < 1.29 is 0 Å². The predicted molar refractivity (Wildman–Crippen MR) is 89.7 cm³/mol. The summed E-state index contributed by atoms with van der Waals surface area (Å²) < 4.78 is 0. The molecule has 0 spiro atoms. The number of H-pyrrole nitrogens is 1. The van der Waals surface area contributed by atoms with Crippen molar-refractivity contribution >= 4 is 34.0 Å². The van der Waals surface area contributed by atoms with Gasteiger partial charge in [0.2, 0.25) is 0 Å². The molecule has 0 saturated carbocycles. The molecule has 2 N–H and O–H groups in total. The van der Waals surface area contributed by atoms with Crippen molar-refractivity contribution in [2.24, 2.45) is 0 Å². The lowest BCUT2D eigenvalue weighted by molar-refractivity contribution is 0.162. The summed E-state index contributed by atoms with van der Waals surface area (Å²) in [5, 5.41) is 4.12. The van der Waals surface area contributed by atoms with E-state index in [4.69, 9.17) is 0 Å². The molecule has 21 heavy (non-hydrogen) atoms. The number of nitrogens with zero attached hydrogens (tertiary/aromatic N) is 2. The Kier molecular flexibility index (Phi) is 5.03. The molecule has 0 aromatic carbocycles. The Morgan fingerprint density at radius 1 is 1.43 bits per heavy atom. The number of hydrogen-bond acceptors (Lipinski definition) is 5. The molecule has 116 valence electrons. The number of aryl methyl sites for hydroxylation is 2. The van der Waals surface area contributed by atoms with E-state index in [1.165, 1.54) is 4.88 Å². The molecular formula is C14H21ClN4OS. The minimum Gasteiger partial charge on any atom is -0.314 e. The van der Waals surface area contributed by atoms with Gasteiger partial charge in [-0.3, -0.25) is 9.69 Å². The van der Waals surface area contributed by atoms with Crippen LogP contribution in [0.3, 0.4) is 0 Å². The van der Waals surface area contributed by atoms with Crippen molar-refractivity contribution in [1.82, 2.24) is 20.2 Å². The van der Waals surface area contributed by atoms with Gasteiger partial charge < -0.3 is 10.3 Å². The first-order chi connectivity index (χ1) is 9.56. The molecule has 5 nitrogen and oxygen atoms in total. The van der Waals surface area contributed by atoms with Crippen LogP contribution in [0.15, 0.2) is 4.79 Å². The van der Waals surface area contributed by atoms with E-state index in [0.717, 1.165) is 41.2 Å². The number of aromatic nitrogens is 2. The minimum atomic E-state index is -0.00497. The molecule has 0 amide bonds. The highest BCUT2D eigenvalue weighted by atomic mass is 35.5. The van der Waals surface area contributed by atoms with Crippen LogP contribution < -0.4 is 10.9 Å². The summed E-state index contributed by atoms with van der Waals surface area (Å²) in [5.41, 5.74) is 1.05. The summed E-state index contributed by atoms with van der Waals surface area (Å²) >= 11 is 1.61. The molecule has 0 bridgehead atoms. The van der Waals surface area contributed by atoms with E-state index in [1.54, 1.807) is 11.3 Å². The van der Waals surface area contributed by atoms with E-state index in [2.05, 4.69) is 27.1 Å². The maximum absolute atomic E-state index is 12.2. The number of halogens is 1. The average Bonchev–Trinajstić information content (AvgIpc) is 2.68. The Morgan fingerprint density at radius 2 is 2.19 bits per heavy atom. The molecule has 3 heterocycles. The standard InChI is InChI=1S/C14H20N4OS.ClH/c1-8-6-15-4-5-18(8)7-11-16-13(19)12-9(2)10(3)20-14(12)17-11;/h8,15H,4-7H2,1-3H3,(H,16,17,19);1H. The lowest BCUT2D eigenvalue weighted by atomic mass is 10.2. The first-order valence-electron chi connectivity index (χ1n) is 7.00. The van der Waals surface area contributed by atoms with Gasteiger partial charge >= 0.3 is 0 Å². The third-order valence-electron chi connectivity index (χ3n) is 4.08. The highest BCUT2D eigenvalue weighted by molar-refractivity contribution is 7.18. The Hall–Kier alpha value is -0.950. The lowest BCUT2D eigenvalue weighted by Gasteiger charge is -2.33. The van der Waals surface area contributed by atoms with E-state index in [0.29, 0.717) is 12.6 Å². The van der Waals surface area contributed by atoms with Gasteiger partial charge in [0, 0.05) is 30.6 Å². The molecular weight excluding hydrogens is 308 g/mol. The molecule has 0 aliphatic carbocycles. The summed E-state index contributed by atoms with van der Waals surface area (Å²) in [4.78, 5) is 24.2. The number of hydrogen-bond donors (Lipinski definition) is 2. The average molecular weight is 329 g/mol. The summed E-state index contributed by atoms with van der Waals surface area (Å²) in [5.74, 6) is 0.775. The minimum absolute atomic E-state index is 0. The third kappa shape index (κ3) is 3.13. The zero-order valence-electron chi connectivity index (χ0n) is 12.5. The maximum Gasteiger partial charge on any atom is 0.259 e. The van der Waals surface area contributed by atoms with Gasteiger partial charge in [0.25, 0.3) is 5.56 Å². The van der Waals surface area contributed by atoms with Crippen LogP contribution in [0, 0.1) is 13.8 Å². The topological polar surface area (TPSA) is 61.0 Å². The summed E-state index contributed by atoms with van der Waals surface area (Å²) in [7, 11) is 0. The molecule has 1 fully saturated rings. The van der Waals surface area contributed by atoms with E-state index in [-0.39, 0.29) is 18.0 Å². The SMILES string of the molecule is Cc1sc2nc(CN3CCNCC3C)[nH]c(=O)c2c1C.Cl. The fourth-order valence-electron chi connectivity index (χ4n) is 2.68. The van der Waals surface area contributed by atoms with E-state index in [1.807, 2.05) is 13.8 Å². The Labute approximate surface area is 134 Å². The van der Waals surface area contributed by atoms with Crippen molar-refractivity contribution in [2.45, 2.75) is 33.4 Å². The van der Waals surface area contributed by atoms with Crippen molar-refractivity contribution in [3.05, 3.63) is 26.6 Å². The predicted octanol–water partition coefficient (Wildman–Crippen LogP) is 1.82. The molecule has 2 aromatic rings. The van der Waals surface area contributed by atoms with Gasteiger partial charge in [-0.05, 0) is 26.3 Å². The normalized spacial score (nSPS) is 19.7. The number of nitrogens with one attached hydrogen (secondary N) is 2. The van der Waals surface area contributed by atoms with Crippen molar-refractivity contribution in [1.29, 1.82) is 0 Å². The Morgan fingerprint density at radius 3 is 2.90 bits per heavy atom. The fourth-order valence-corrected chi connectivity index (χ4v) is 3.73. The first kappa shape index (κ1) is 16.4. The van der Waals surface area contributed by atoms with Crippen LogP contribution in [-0.2, 0) is 6.54 Å². The molecule has 7 heteroatoms. The van der Waals surface area contributed by atoms with Crippen LogP contribution in [-0.4, -0.2) is 40.5 Å². The van der Waals surface area contributed by atoms with E-state index >= 15 is 0 Å². The van der Waals surface area contributed by atoms with Gasteiger partial charge in [-0.25, -0.2) is 4.98 Å². The Bertz CT molecular complexity index is 696. The second kappa shape index (κ2) is 6.44. The Balaban J connectivity index is 0.00000161. The van der Waals surface area contributed by atoms with E-state index in [9.17, 15) is 4.79 Å². The van der Waals surface area contributed by atoms with Crippen LogP contribution >= 0.6 is 23.7 Å². The molecule has 3 rings (SSSR count). The van der Waals surface area contributed by atoms with E-state index < -0.39 is 0 Å². The third-order valence-corrected chi connectivity index (χ3v) is 5.18. The number of fused-ring (bicyclic) bond motifs is 1. The van der Waals surface area contributed by atoms with Crippen LogP contribution in [0.25, 0.3) is 10.2 Å². The number of aromatic amines is 1. The van der Waals surface area contributed by atoms with Crippen LogP contribution in [0.4, 0.5) is 0 Å². The van der Waals surface area contributed by atoms with Crippen molar-refractivity contribution in [3.63, 3.8) is 0 Å². The zero-order chi connectivity index (χ0) is 14.3. The number of rotatable bonds is 2. The van der Waals surface area contributed by atoms with Gasteiger partial charge in [0.1, 0.15) is 10.7 Å². The smallest absolute Gasteiger partial charge is 0.259 e. The van der Waals surface area contributed by atoms with Gasteiger partial charge in [0.05, 0.1) is 11.9 Å². The molecule has 0 radical (unpaired) electrons. The molecule has 2 aromatic heterocycles. The zero-order valence-corrected chi connectivity index (χ0v) is 14.2. The highest BCUT2D eigenvalue weighted by Gasteiger charge is 2.19. The molecule has 1 unspecified atom stereocenters. The monoisotopic (exact) mass is 328 g/mol. The molecule has 1 aliphatic rings. The van der Waals surface area contributed by atoms with Gasteiger partial charge in [-0.15, -0.1) is 23.7 Å². The van der Waals surface area contributed by atoms with Gasteiger partial charge in [-0.1, -0.05) is 0 Å². The first-order valence-corrected chi connectivity index (χ1v) is 7.81. The number of piperazine rings is 1. The highest BCUT2D eigenvalue weighted by Crippen LogP contribution is 2.25. The van der Waals surface area contributed by atoms with Crippen LogP contribution in [0.1, 0.15) is 23.2 Å². The summed E-state index contributed by atoms with van der Waals surface area (Å²) in [6.45, 7) is 9.91. The maximum atomic E-state index is 12.2. The fraction of sp³-hybridized carbons (Fsp3) is 0.571. The quantitative estimate of drug-likeness (QED) is 0.882. The molecule has 1 aliphatic heterocycles. The van der Waals surface area contributed by atoms with Gasteiger partial charge in [0.15, 0.2) is 0 Å². The summed E-state index contributed by atoms with van der Waals surface area (Å²) in [6.07, 6.45) is 0.